The Bertz CT molecular complexity index is 1070. The smallest absolute Gasteiger partial charge is 0.304 e. The van der Waals surface area contributed by atoms with Crippen molar-refractivity contribution in [1.82, 2.24) is 29.3 Å². The van der Waals surface area contributed by atoms with Gasteiger partial charge in [0.25, 0.3) is 0 Å². The summed E-state index contributed by atoms with van der Waals surface area (Å²) < 4.78 is 44.2. The van der Waals surface area contributed by atoms with Gasteiger partial charge in [-0.05, 0) is 72.9 Å². The predicted octanol–water partition coefficient (Wildman–Crippen LogP) is 4.71. The van der Waals surface area contributed by atoms with Crippen LogP contribution in [-0.4, -0.2) is 54.6 Å². The lowest BCUT2D eigenvalue weighted by Gasteiger charge is -2.16. The maximum atomic E-state index is 12.8. The third kappa shape index (κ3) is 4.29. The number of hydrogen-bond donors (Lipinski definition) is 0. The van der Waals surface area contributed by atoms with Gasteiger partial charge in [-0.1, -0.05) is 28.4 Å². The molecule has 1 aliphatic heterocycles. The first-order valence-electron chi connectivity index (χ1n) is 10.5. The van der Waals surface area contributed by atoms with Crippen LogP contribution in [0.4, 0.5) is 13.2 Å². The molecule has 0 N–H and O–H groups in total. The molecule has 2 aliphatic rings. The second-order valence-corrected chi connectivity index (χ2v) is 10.3. The summed E-state index contributed by atoms with van der Waals surface area (Å²) in [5.41, 5.74) is 1.47. The number of halogens is 3. The zero-order chi connectivity index (χ0) is 22.3. The SMILES string of the molecule is Cn1c(SCCCN2CC[C@@]3(C[C@H]3c3ccc(C(F)(F)F)cc3)C2)nnc1-c1csnn1. The van der Waals surface area contributed by atoms with Crippen LogP contribution in [0, 0.1) is 5.41 Å². The number of hydrogen-bond acceptors (Lipinski definition) is 7. The lowest BCUT2D eigenvalue weighted by Crippen LogP contribution is -2.23. The maximum Gasteiger partial charge on any atom is 0.416 e. The Morgan fingerprint density at radius 1 is 1.19 bits per heavy atom. The molecular formula is C21H23F3N6S2. The zero-order valence-electron chi connectivity index (χ0n) is 17.5. The third-order valence-corrected chi connectivity index (χ3v) is 8.18. The fourth-order valence-corrected chi connectivity index (χ4v) is 6.00. The van der Waals surface area contributed by atoms with Crippen LogP contribution in [0.15, 0.2) is 34.8 Å². The molecule has 11 heteroatoms. The van der Waals surface area contributed by atoms with Crippen molar-refractivity contribution in [3.63, 3.8) is 0 Å². The summed E-state index contributed by atoms with van der Waals surface area (Å²) in [6.07, 6.45) is -1.02. The van der Waals surface area contributed by atoms with Gasteiger partial charge in [-0.15, -0.1) is 15.3 Å². The van der Waals surface area contributed by atoms with Gasteiger partial charge in [-0.3, -0.25) is 0 Å². The minimum absolute atomic E-state index is 0.257. The van der Waals surface area contributed by atoms with Gasteiger partial charge in [0, 0.05) is 24.7 Å². The van der Waals surface area contributed by atoms with E-state index < -0.39 is 11.7 Å². The summed E-state index contributed by atoms with van der Waals surface area (Å²) >= 11 is 2.98. The van der Waals surface area contributed by atoms with Crippen LogP contribution in [0.5, 0.6) is 0 Å². The van der Waals surface area contributed by atoms with Crippen LogP contribution < -0.4 is 0 Å². The highest BCUT2D eigenvalue weighted by Gasteiger charge is 2.57. The zero-order valence-corrected chi connectivity index (χ0v) is 19.2. The van der Waals surface area contributed by atoms with Crippen LogP contribution >= 0.6 is 23.3 Å². The first-order chi connectivity index (χ1) is 15.4. The number of rotatable bonds is 7. The molecule has 32 heavy (non-hydrogen) atoms. The van der Waals surface area contributed by atoms with E-state index in [2.05, 4.69) is 24.7 Å². The van der Waals surface area contributed by atoms with Crippen LogP contribution in [0.3, 0.4) is 0 Å². The summed E-state index contributed by atoms with van der Waals surface area (Å²) in [6, 6.07) is 5.76. The van der Waals surface area contributed by atoms with Crippen LogP contribution in [0.1, 0.15) is 36.3 Å². The Hall–Kier alpha value is -1.98. The number of nitrogens with zero attached hydrogens (tertiary/aromatic N) is 6. The molecule has 2 fully saturated rings. The van der Waals surface area contributed by atoms with Gasteiger partial charge in [0.1, 0.15) is 5.69 Å². The second-order valence-electron chi connectivity index (χ2n) is 8.62. The molecule has 3 heterocycles. The first-order valence-corrected chi connectivity index (χ1v) is 12.4. The fourth-order valence-electron chi connectivity index (χ4n) is 4.73. The van der Waals surface area contributed by atoms with Crippen molar-refractivity contribution in [2.75, 3.05) is 25.4 Å². The Balaban J connectivity index is 1.08. The van der Waals surface area contributed by atoms with Crippen molar-refractivity contribution in [3.8, 4) is 11.5 Å². The molecule has 1 aliphatic carbocycles. The Morgan fingerprint density at radius 3 is 2.72 bits per heavy atom. The quantitative estimate of drug-likeness (QED) is 0.361. The number of likely N-dealkylation sites (tertiary alicyclic amines) is 1. The molecule has 2 aromatic heterocycles. The lowest BCUT2D eigenvalue weighted by molar-refractivity contribution is -0.137. The van der Waals surface area contributed by atoms with Crippen LogP contribution in [-0.2, 0) is 13.2 Å². The number of aromatic nitrogens is 5. The van der Waals surface area contributed by atoms with Crippen molar-refractivity contribution in [3.05, 3.63) is 40.8 Å². The van der Waals surface area contributed by atoms with Crippen LogP contribution in [0.2, 0.25) is 0 Å². The van der Waals surface area contributed by atoms with Gasteiger partial charge in [0.05, 0.1) is 5.56 Å². The first kappa shape index (κ1) is 21.8. The summed E-state index contributed by atoms with van der Waals surface area (Å²) in [6.45, 7) is 3.12. The molecule has 3 aromatic rings. The van der Waals surface area contributed by atoms with Gasteiger partial charge in [0.2, 0.25) is 0 Å². The van der Waals surface area contributed by atoms with Crippen LogP contribution in [0.25, 0.3) is 11.5 Å². The lowest BCUT2D eigenvalue weighted by atomic mass is 9.97. The Kier molecular flexibility index (Phi) is 5.75. The third-order valence-electron chi connectivity index (χ3n) is 6.57. The van der Waals surface area contributed by atoms with E-state index >= 15 is 0 Å². The van der Waals surface area contributed by atoms with E-state index in [9.17, 15) is 13.2 Å². The largest absolute Gasteiger partial charge is 0.416 e. The molecule has 0 unspecified atom stereocenters. The number of benzene rings is 1. The van der Waals surface area contributed by atoms with Gasteiger partial charge >= 0.3 is 6.18 Å². The highest BCUT2D eigenvalue weighted by Crippen LogP contribution is 2.64. The van der Waals surface area contributed by atoms with Crippen molar-refractivity contribution in [2.45, 2.75) is 36.5 Å². The molecule has 2 atom stereocenters. The summed E-state index contributed by atoms with van der Waals surface area (Å²) in [5.74, 6) is 2.07. The minimum atomic E-state index is -4.27. The predicted molar refractivity (Wildman–Crippen MR) is 118 cm³/mol. The number of thioether (sulfide) groups is 1. The fraction of sp³-hybridized carbons (Fsp3) is 0.524. The molecule has 170 valence electrons. The molecule has 1 saturated heterocycles. The molecule has 0 amide bonds. The Morgan fingerprint density at radius 2 is 2.00 bits per heavy atom. The number of alkyl halides is 3. The van der Waals surface area contributed by atoms with Gasteiger partial charge in [-0.25, -0.2) is 0 Å². The van der Waals surface area contributed by atoms with Crippen molar-refractivity contribution in [1.29, 1.82) is 0 Å². The van der Waals surface area contributed by atoms with E-state index in [0.29, 0.717) is 5.92 Å². The normalized spacial score (nSPS) is 23.3. The monoisotopic (exact) mass is 480 g/mol. The van der Waals surface area contributed by atoms with Crippen molar-refractivity contribution < 1.29 is 13.2 Å². The van der Waals surface area contributed by atoms with E-state index in [4.69, 9.17) is 0 Å². The molecule has 6 nitrogen and oxygen atoms in total. The average molecular weight is 481 g/mol. The van der Waals surface area contributed by atoms with E-state index in [1.165, 1.54) is 23.7 Å². The molecular weight excluding hydrogens is 457 g/mol. The Labute approximate surface area is 192 Å². The highest BCUT2D eigenvalue weighted by atomic mass is 32.2. The summed E-state index contributed by atoms with van der Waals surface area (Å²) in [5, 5.41) is 15.3. The summed E-state index contributed by atoms with van der Waals surface area (Å²) in [7, 11) is 1.94. The van der Waals surface area contributed by atoms with Gasteiger partial charge < -0.3 is 9.47 Å². The standard InChI is InChI=1S/C21H23F3N6S2/c1-29-18(17-12-32-28-25-17)26-27-19(29)31-10-2-8-30-9-7-20(13-30)11-16(20)14-3-5-15(6-4-14)21(22,23)24/h3-6,12,16H,2,7-11,13H2,1H3/t16-,20+/m0/s1. The molecule has 0 radical (unpaired) electrons. The molecule has 1 saturated carbocycles. The molecule has 1 spiro atoms. The highest BCUT2D eigenvalue weighted by molar-refractivity contribution is 7.99. The molecule has 0 bridgehead atoms. The van der Waals surface area contributed by atoms with Gasteiger partial charge in [-0.2, -0.15) is 13.2 Å². The van der Waals surface area contributed by atoms with E-state index in [1.807, 2.05) is 17.0 Å². The molecule has 1 aromatic carbocycles. The van der Waals surface area contributed by atoms with E-state index in [-0.39, 0.29) is 5.41 Å². The summed E-state index contributed by atoms with van der Waals surface area (Å²) in [4.78, 5) is 2.49. The van der Waals surface area contributed by atoms with Crippen molar-refractivity contribution in [2.24, 2.45) is 12.5 Å². The maximum absolute atomic E-state index is 12.8. The second kappa shape index (κ2) is 8.42. The van der Waals surface area contributed by atoms with Gasteiger partial charge in [0.15, 0.2) is 11.0 Å². The average Bonchev–Trinajstić information content (AvgIpc) is 3.16. The topological polar surface area (TPSA) is 59.7 Å². The van der Waals surface area contributed by atoms with Crippen molar-refractivity contribution >= 4 is 23.3 Å². The van der Waals surface area contributed by atoms with E-state index in [1.54, 1.807) is 23.9 Å². The van der Waals surface area contributed by atoms with E-state index in [0.717, 1.165) is 66.9 Å². The minimum Gasteiger partial charge on any atom is -0.304 e. The molecule has 5 rings (SSSR count).